The Labute approximate surface area is 130 Å². The van der Waals surface area contributed by atoms with Crippen molar-refractivity contribution in [2.75, 3.05) is 12.8 Å². The fourth-order valence-corrected chi connectivity index (χ4v) is 4.49. The van der Waals surface area contributed by atoms with Crippen LogP contribution in [0.25, 0.3) is 20.8 Å². The van der Waals surface area contributed by atoms with Crippen LogP contribution in [0, 0.1) is 0 Å². The summed E-state index contributed by atoms with van der Waals surface area (Å²) in [5.41, 5.74) is 8.89. The lowest BCUT2D eigenvalue weighted by Gasteiger charge is -2.01. The lowest BCUT2D eigenvalue weighted by Crippen LogP contribution is -2.01. The zero-order valence-corrected chi connectivity index (χ0v) is 13.3. The molecule has 1 aromatic carbocycles. The van der Waals surface area contributed by atoms with E-state index in [2.05, 4.69) is 4.98 Å². The molecule has 3 rings (SSSR count). The number of hydrogen-bond acceptors (Lipinski definition) is 6. The summed E-state index contributed by atoms with van der Waals surface area (Å²) >= 11 is 2.86. The number of anilines is 1. The standard InChI is InChI=1S/C15H14N2O2S2/c1-3-8-11(13(16)21-12(8)15(18)19-2)14-17-9-6-4-5-7-10(9)20-14/h4-7H,3,16H2,1-2H3. The van der Waals surface area contributed by atoms with E-state index in [0.29, 0.717) is 16.3 Å². The normalized spacial score (nSPS) is 11.0. The van der Waals surface area contributed by atoms with E-state index in [0.717, 1.165) is 26.4 Å². The number of esters is 1. The van der Waals surface area contributed by atoms with Gasteiger partial charge in [-0.1, -0.05) is 19.1 Å². The third-order valence-corrected chi connectivity index (χ3v) is 5.36. The van der Waals surface area contributed by atoms with Crippen LogP contribution < -0.4 is 5.73 Å². The largest absolute Gasteiger partial charge is 0.465 e. The number of rotatable bonds is 3. The van der Waals surface area contributed by atoms with Crippen LogP contribution in [0.1, 0.15) is 22.2 Å². The van der Waals surface area contributed by atoms with Crippen LogP contribution >= 0.6 is 22.7 Å². The van der Waals surface area contributed by atoms with Crippen molar-refractivity contribution < 1.29 is 9.53 Å². The van der Waals surface area contributed by atoms with Gasteiger partial charge in [0, 0.05) is 5.56 Å². The number of thiophene rings is 1. The molecule has 2 heterocycles. The van der Waals surface area contributed by atoms with E-state index in [1.807, 2.05) is 31.2 Å². The van der Waals surface area contributed by atoms with Gasteiger partial charge in [-0.15, -0.1) is 22.7 Å². The predicted octanol–water partition coefficient (Wildman–Crippen LogP) is 3.96. The smallest absolute Gasteiger partial charge is 0.348 e. The molecular weight excluding hydrogens is 304 g/mol. The molecule has 0 unspecified atom stereocenters. The van der Waals surface area contributed by atoms with Gasteiger partial charge in [0.25, 0.3) is 0 Å². The number of methoxy groups -OCH3 is 1. The van der Waals surface area contributed by atoms with Gasteiger partial charge in [-0.25, -0.2) is 9.78 Å². The Morgan fingerprint density at radius 2 is 2.10 bits per heavy atom. The number of para-hydroxylation sites is 1. The first-order chi connectivity index (χ1) is 10.2. The van der Waals surface area contributed by atoms with Gasteiger partial charge in [0.15, 0.2) is 0 Å². The number of thiazole rings is 1. The molecule has 0 bridgehead atoms. The molecule has 6 heteroatoms. The fourth-order valence-electron chi connectivity index (χ4n) is 2.29. The minimum absolute atomic E-state index is 0.337. The van der Waals surface area contributed by atoms with Crippen molar-refractivity contribution in [1.29, 1.82) is 0 Å². The summed E-state index contributed by atoms with van der Waals surface area (Å²) < 4.78 is 5.95. The molecule has 2 N–H and O–H groups in total. The van der Waals surface area contributed by atoms with Crippen molar-refractivity contribution in [3.05, 3.63) is 34.7 Å². The van der Waals surface area contributed by atoms with E-state index in [1.54, 1.807) is 11.3 Å². The van der Waals surface area contributed by atoms with Crippen molar-refractivity contribution in [1.82, 2.24) is 4.98 Å². The quantitative estimate of drug-likeness (QED) is 0.742. The number of nitrogens with zero attached hydrogens (tertiary/aromatic N) is 1. The first-order valence-electron chi connectivity index (χ1n) is 6.51. The zero-order chi connectivity index (χ0) is 15.0. The third kappa shape index (κ3) is 2.30. The van der Waals surface area contributed by atoms with E-state index in [1.165, 1.54) is 18.4 Å². The van der Waals surface area contributed by atoms with Crippen LogP contribution in [0.4, 0.5) is 5.00 Å². The van der Waals surface area contributed by atoms with Gasteiger partial charge in [-0.2, -0.15) is 0 Å². The molecule has 0 aliphatic rings. The van der Waals surface area contributed by atoms with Crippen LogP contribution in [-0.4, -0.2) is 18.1 Å². The molecule has 0 aliphatic heterocycles. The van der Waals surface area contributed by atoms with E-state index in [4.69, 9.17) is 10.5 Å². The summed E-state index contributed by atoms with van der Waals surface area (Å²) in [6.07, 6.45) is 0.712. The average Bonchev–Trinajstić information content (AvgIpc) is 3.06. The molecule has 2 aromatic heterocycles. The molecule has 0 amide bonds. The second-order valence-corrected chi connectivity index (χ2v) is 6.56. The summed E-state index contributed by atoms with van der Waals surface area (Å²) in [5, 5.41) is 1.48. The van der Waals surface area contributed by atoms with Crippen LogP contribution in [0.3, 0.4) is 0 Å². The Kier molecular flexibility index (Phi) is 3.65. The second-order valence-electron chi connectivity index (χ2n) is 4.48. The highest BCUT2D eigenvalue weighted by atomic mass is 32.1. The molecule has 4 nitrogen and oxygen atoms in total. The number of hydrogen-bond donors (Lipinski definition) is 1. The molecule has 108 valence electrons. The number of ether oxygens (including phenoxy) is 1. The number of aromatic nitrogens is 1. The van der Waals surface area contributed by atoms with Crippen molar-refractivity contribution in [2.45, 2.75) is 13.3 Å². The van der Waals surface area contributed by atoms with Crippen molar-refractivity contribution in [3.63, 3.8) is 0 Å². The van der Waals surface area contributed by atoms with Crippen LogP contribution in [0.15, 0.2) is 24.3 Å². The predicted molar refractivity (Wildman–Crippen MR) is 88.1 cm³/mol. The number of carbonyl (C=O) groups excluding carboxylic acids is 1. The Morgan fingerprint density at radius 1 is 1.33 bits per heavy atom. The first-order valence-corrected chi connectivity index (χ1v) is 8.14. The minimum atomic E-state index is -0.337. The Hall–Kier alpha value is -1.92. The summed E-state index contributed by atoms with van der Waals surface area (Å²) in [6.45, 7) is 2.00. The first kappa shape index (κ1) is 14.0. The van der Waals surface area contributed by atoms with E-state index in [-0.39, 0.29) is 5.97 Å². The highest BCUT2D eigenvalue weighted by Crippen LogP contribution is 2.42. The van der Waals surface area contributed by atoms with Crippen molar-refractivity contribution in [3.8, 4) is 10.6 Å². The van der Waals surface area contributed by atoms with Crippen LogP contribution in [0.5, 0.6) is 0 Å². The zero-order valence-electron chi connectivity index (χ0n) is 11.7. The van der Waals surface area contributed by atoms with Gasteiger partial charge < -0.3 is 10.5 Å². The maximum atomic E-state index is 11.9. The number of fused-ring (bicyclic) bond motifs is 1. The van der Waals surface area contributed by atoms with Crippen molar-refractivity contribution >= 4 is 43.9 Å². The van der Waals surface area contributed by atoms with E-state index < -0.39 is 0 Å². The number of nitrogens with two attached hydrogens (primary N) is 1. The van der Waals surface area contributed by atoms with Gasteiger partial charge in [-0.3, -0.25) is 0 Å². The molecule has 0 saturated carbocycles. The number of benzene rings is 1. The summed E-state index contributed by atoms with van der Waals surface area (Å²) in [6, 6.07) is 7.96. The van der Waals surface area contributed by atoms with Gasteiger partial charge in [0.2, 0.25) is 0 Å². The van der Waals surface area contributed by atoms with Gasteiger partial charge >= 0.3 is 5.97 Å². The van der Waals surface area contributed by atoms with Crippen molar-refractivity contribution in [2.24, 2.45) is 0 Å². The third-order valence-electron chi connectivity index (χ3n) is 3.27. The maximum Gasteiger partial charge on any atom is 0.348 e. The van der Waals surface area contributed by atoms with E-state index in [9.17, 15) is 4.79 Å². The van der Waals surface area contributed by atoms with E-state index >= 15 is 0 Å². The second kappa shape index (κ2) is 5.46. The highest BCUT2D eigenvalue weighted by Gasteiger charge is 2.23. The average molecular weight is 318 g/mol. The molecule has 21 heavy (non-hydrogen) atoms. The monoisotopic (exact) mass is 318 g/mol. The minimum Gasteiger partial charge on any atom is -0.465 e. The fraction of sp³-hybridized carbons (Fsp3) is 0.200. The Balaban J connectivity index is 2.21. The summed E-state index contributed by atoms with van der Waals surface area (Å²) in [5.74, 6) is -0.337. The number of carbonyl (C=O) groups is 1. The van der Waals surface area contributed by atoms with Crippen LogP contribution in [-0.2, 0) is 11.2 Å². The molecule has 0 spiro atoms. The van der Waals surface area contributed by atoms with Gasteiger partial charge in [0.05, 0.1) is 22.3 Å². The highest BCUT2D eigenvalue weighted by molar-refractivity contribution is 7.23. The summed E-state index contributed by atoms with van der Waals surface area (Å²) in [4.78, 5) is 17.1. The molecule has 0 aliphatic carbocycles. The summed E-state index contributed by atoms with van der Waals surface area (Å²) in [7, 11) is 1.38. The maximum absolute atomic E-state index is 11.9. The Morgan fingerprint density at radius 3 is 2.76 bits per heavy atom. The van der Waals surface area contributed by atoms with Gasteiger partial charge in [0.1, 0.15) is 9.88 Å². The molecule has 3 aromatic rings. The SMILES string of the molecule is CCc1c(C(=O)OC)sc(N)c1-c1nc2ccccc2s1. The Bertz CT molecular complexity index is 787. The van der Waals surface area contributed by atoms with Gasteiger partial charge in [-0.05, 0) is 24.1 Å². The van der Waals surface area contributed by atoms with Crippen LogP contribution in [0.2, 0.25) is 0 Å². The molecule has 0 radical (unpaired) electrons. The molecular formula is C15H14N2O2S2. The molecule has 0 saturated heterocycles. The lowest BCUT2D eigenvalue weighted by molar-refractivity contribution is 0.0605. The molecule has 0 fully saturated rings. The molecule has 0 atom stereocenters. The topological polar surface area (TPSA) is 65.2 Å². The lowest BCUT2D eigenvalue weighted by atomic mass is 10.1. The number of nitrogen functional groups attached to an aromatic ring is 1.